The molecule has 0 aliphatic heterocycles. The molecule has 0 aromatic carbocycles. The van der Waals surface area contributed by atoms with Crippen molar-refractivity contribution >= 4 is 54.9 Å². The summed E-state index contributed by atoms with van der Waals surface area (Å²) in [5, 5.41) is 8.55. The first-order chi connectivity index (χ1) is 7.97. The van der Waals surface area contributed by atoms with E-state index in [1.807, 2.05) is 0 Å². The number of carboxylic acids is 1. The van der Waals surface area contributed by atoms with Crippen LogP contribution in [0.1, 0.15) is 9.67 Å². The van der Waals surface area contributed by atoms with Crippen molar-refractivity contribution in [3.63, 3.8) is 0 Å². The molecule has 0 saturated carbocycles. The van der Waals surface area contributed by atoms with Crippen molar-refractivity contribution in [1.82, 2.24) is 0 Å². The van der Waals surface area contributed by atoms with E-state index in [1.165, 1.54) is 7.11 Å². The van der Waals surface area contributed by atoms with E-state index in [9.17, 15) is 9.59 Å². The Morgan fingerprint density at radius 2 is 2.00 bits per heavy atom. The molecule has 1 N–H and O–H groups in total. The first-order valence-corrected chi connectivity index (χ1v) is 6.72. The standard InChI is InChI=1S/C9H8Br2O5S/c1-15-2-4(12)8-7(16-3-5(13)14)6(10)9(11)17-8/h2-3H2,1H3,(H,13,14). The van der Waals surface area contributed by atoms with Crippen LogP contribution in [-0.4, -0.2) is 37.2 Å². The number of thiophene rings is 1. The van der Waals surface area contributed by atoms with Crippen LogP contribution in [0.4, 0.5) is 0 Å². The van der Waals surface area contributed by atoms with E-state index in [1.54, 1.807) is 0 Å². The van der Waals surface area contributed by atoms with Gasteiger partial charge in [0.25, 0.3) is 0 Å². The SMILES string of the molecule is COCC(=O)c1sc(Br)c(Br)c1OCC(=O)O. The van der Waals surface area contributed by atoms with E-state index in [2.05, 4.69) is 31.9 Å². The highest BCUT2D eigenvalue weighted by Gasteiger charge is 2.22. The largest absolute Gasteiger partial charge is 0.479 e. The van der Waals surface area contributed by atoms with E-state index in [-0.39, 0.29) is 18.1 Å². The maximum atomic E-state index is 11.7. The van der Waals surface area contributed by atoms with E-state index in [0.29, 0.717) is 13.1 Å². The van der Waals surface area contributed by atoms with Gasteiger partial charge in [0.05, 0.1) is 8.26 Å². The maximum absolute atomic E-state index is 11.7. The molecule has 1 aromatic rings. The molecule has 0 aliphatic carbocycles. The molecular weight excluding hydrogens is 380 g/mol. The summed E-state index contributed by atoms with van der Waals surface area (Å²) in [5.41, 5.74) is 0. The van der Waals surface area contributed by atoms with Gasteiger partial charge in [-0.05, 0) is 31.9 Å². The second kappa shape index (κ2) is 6.48. The maximum Gasteiger partial charge on any atom is 0.341 e. The summed E-state index contributed by atoms with van der Waals surface area (Å²) in [4.78, 5) is 22.5. The van der Waals surface area contributed by atoms with Gasteiger partial charge in [0, 0.05) is 7.11 Å². The molecule has 0 unspecified atom stereocenters. The van der Waals surface area contributed by atoms with Crippen molar-refractivity contribution in [1.29, 1.82) is 0 Å². The zero-order valence-corrected chi connectivity index (χ0v) is 12.6. The minimum absolute atomic E-state index is 0.0805. The van der Waals surface area contributed by atoms with Gasteiger partial charge in [0.15, 0.2) is 12.4 Å². The normalized spacial score (nSPS) is 10.3. The van der Waals surface area contributed by atoms with Crippen LogP contribution in [0.15, 0.2) is 8.26 Å². The minimum atomic E-state index is -1.11. The Labute approximate surface area is 118 Å². The molecule has 8 heteroatoms. The second-order valence-electron chi connectivity index (χ2n) is 2.89. The van der Waals surface area contributed by atoms with Gasteiger partial charge in [-0.2, -0.15) is 0 Å². The van der Waals surface area contributed by atoms with Crippen LogP contribution in [0.25, 0.3) is 0 Å². The number of halogens is 2. The highest BCUT2D eigenvalue weighted by molar-refractivity contribution is 9.13. The lowest BCUT2D eigenvalue weighted by atomic mass is 10.3. The van der Waals surface area contributed by atoms with Crippen molar-refractivity contribution in [3.8, 4) is 5.75 Å². The Morgan fingerprint density at radius 1 is 1.35 bits per heavy atom. The average molecular weight is 388 g/mol. The second-order valence-corrected chi connectivity index (χ2v) is 6.02. The van der Waals surface area contributed by atoms with Crippen molar-refractivity contribution in [2.45, 2.75) is 0 Å². The molecule has 0 saturated heterocycles. The summed E-state index contributed by atoms with van der Waals surface area (Å²) in [6, 6.07) is 0. The third kappa shape index (κ3) is 3.77. The smallest absolute Gasteiger partial charge is 0.341 e. The summed E-state index contributed by atoms with van der Waals surface area (Å²) < 4.78 is 11.0. The van der Waals surface area contributed by atoms with Crippen LogP contribution in [0.2, 0.25) is 0 Å². The third-order valence-corrected chi connectivity index (χ3v) is 5.07. The fourth-order valence-electron chi connectivity index (χ4n) is 1.01. The zero-order valence-electron chi connectivity index (χ0n) is 8.66. The molecule has 0 fully saturated rings. The summed E-state index contributed by atoms with van der Waals surface area (Å²) in [7, 11) is 1.41. The molecule has 17 heavy (non-hydrogen) atoms. The zero-order chi connectivity index (χ0) is 13.0. The van der Waals surface area contributed by atoms with Gasteiger partial charge in [-0.1, -0.05) is 0 Å². The highest BCUT2D eigenvalue weighted by atomic mass is 79.9. The molecule has 0 amide bonds. The Morgan fingerprint density at radius 3 is 2.53 bits per heavy atom. The Kier molecular flexibility index (Phi) is 5.57. The van der Waals surface area contributed by atoms with Crippen LogP contribution in [-0.2, 0) is 9.53 Å². The summed E-state index contributed by atoms with van der Waals surface area (Å²) in [5.74, 6) is -1.14. The van der Waals surface area contributed by atoms with Crippen LogP contribution < -0.4 is 4.74 Å². The molecule has 0 bridgehead atoms. The fraction of sp³-hybridized carbons (Fsp3) is 0.333. The van der Waals surface area contributed by atoms with E-state index < -0.39 is 12.6 Å². The van der Waals surface area contributed by atoms with Crippen LogP contribution in [0, 0.1) is 0 Å². The van der Waals surface area contributed by atoms with Crippen LogP contribution >= 0.6 is 43.2 Å². The number of hydrogen-bond donors (Lipinski definition) is 1. The van der Waals surface area contributed by atoms with Crippen molar-refractivity contribution in [2.24, 2.45) is 0 Å². The molecule has 0 spiro atoms. The lowest BCUT2D eigenvalue weighted by molar-refractivity contribution is -0.139. The molecule has 0 atom stereocenters. The topological polar surface area (TPSA) is 72.8 Å². The van der Waals surface area contributed by atoms with Gasteiger partial charge in [0.2, 0.25) is 5.78 Å². The van der Waals surface area contributed by atoms with Crippen molar-refractivity contribution < 1.29 is 24.2 Å². The van der Waals surface area contributed by atoms with Crippen molar-refractivity contribution in [3.05, 3.63) is 13.1 Å². The van der Waals surface area contributed by atoms with E-state index >= 15 is 0 Å². The molecule has 94 valence electrons. The predicted molar refractivity (Wildman–Crippen MR) is 69.1 cm³/mol. The Hall–Kier alpha value is -0.440. The molecule has 0 aliphatic rings. The molecule has 1 heterocycles. The average Bonchev–Trinajstić information content (AvgIpc) is 2.53. The number of Topliss-reactive ketones (excluding diaryl/α,β-unsaturated/α-hetero) is 1. The lowest BCUT2D eigenvalue weighted by Gasteiger charge is -2.04. The van der Waals surface area contributed by atoms with Crippen LogP contribution in [0.3, 0.4) is 0 Å². The number of aliphatic carboxylic acids is 1. The number of carboxylic acid groups (broad SMARTS) is 1. The highest BCUT2D eigenvalue weighted by Crippen LogP contribution is 2.43. The van der Waals surface area contributed by atoms with Gasteiger partial charge in [0.1, 0.15) is 11.5 Å². The molecule has 5 nitrogen and oxygen atoms in total. The quantitative estimate of drug-likeness (QED) is 0.759. The summed E-state index contributed by atoms with van der Waals surface area (Å²) >= 11 is 7.63. The van der Waals surface area contributed by atoms with E-state index in [4.69, 9.17) is 14.6 Å². The van der Waals surface area contributed by atoms with Crippen LogP contribution in [0.5, 0.6) is 5.75 Å². The number of rotatable bonds is 6. The minimum Gasteiger partial charge on any atom is -0.479 e. The first kappa shape index (κ1) is 14.6. The van der Waals surface area contributed by atoms with E-state index in [0.717, 1.165) is 11.3 Å². The number of methoxy groups -OCH3 is 1. The Bertz CT molecular complexity index is 443. The molecular formula is C9H8Br2O5S. The van der Waals surface area contributed by atoms with Gasteiger partial charge < -0.3 is 14.6 Å². The molecule has 0 radical (unpaired) electrons. The number of ether oxygens (including phenoxy) is 2. The van der Waals surface area contributed by atoms with Crippen molar-refractivity contribution in [2.75, 3.05) is 20.3 Å². The van der Waals surface area contributed by atoms with Gasteiger partial charge >= 0.3 is 5.97 Å². The third-order valence-electron chi connectivity index (χ3n) is 1.64. The first-order valence-electron chi connectivity index (χ1n) is 4.31. The number of ketones is 1. The predicted octanol–water partition coefficient (Wildman–Crippen LogP) is 2.57. The van der Waals surface area contributed by atoms with Gasteiger partial charge in [-0.3, -0.25) is 4.79 Å². The number of hydrogen-bond acceptors (Lipinski definition) is 5. The monoisotopic (exact) mass is 386 g/mol. The molecule has 1 aromatic heterocycles. The number of carbonyl (C=O) groups excluding carboxylic acids is 1. The molecule has 1 rings (SSSR count). The fourth-order valence-corrected chi connectivity index (χ4v) is 3.15. The van der Waals surface area contributed by atoms with Gasteiger partial charge in [-0.15, -0.1) is 11.3 Å². The summed E-state index contributed by atoms with van der Waals surface area (Å²) in [6.45, 7) is -0.585. The van der Waals surface area contributed by atoms with Gasteiger partial charge in [-0.25, -0.2) is 4.79 Å². The summed E-state index contributed by atoms with van der Waals surface area (Å²) in [6.07, 6.45) is 0. The Balaban J connectivity index is 2.99. The number of carbonyl (C=O) groups is 2. The lowest BCUT2D eigenvalue weighted by Crippen LogP contribution is -2.12.